The van der Waals surface area contributed by atoms with E-state index in [-0.39, 0.29) is 0 Å². The maximum Gasteiger partial charge on any atom is 0.110 e. The Morgan fingerprint density at radius 3 is 2.94 bits per heavy atom. The van der Waals surface area contributed by atoms with Gasteiger partial charge < -0.3 is 10.8 Å². The Bertz CT molecular complexity index is 345. The van der Waals surface area contributed by atoms with Gasteiger partial charge in [0.15, 0.2) is 0 Å². The summed E-state index contributed by atoms with van der Waals surface area (Å²) >= 11 is 5.16. The molecule has 0 amide bonds. The molecule has 0 fully saturated rings. The van der Waals surface area contributed by atoms with E-state index in [4.69, 9.17) is 5.73 Å². The maximum atomic E-state index is 10.0. The summed E-state index contributed by atoms with van der Waals surface area (Å²) in [5.74, 6) is 0.942. The highest BCUT2D eigenvalue weighted by Gasteiger charge is 2.21. The Morgan fingerprint density at radius 1 is 1.59 bits per heavy atom. The molecule has 96 valence electrons. The van der Waals surface area contributed by atoms with Crippen molar-refractivity contribution in [3.8, 4) is 0 Å². The molecule has 17 heavy (non-hydrogen) atoms. The smallest absolute Gasteiger partial charge is 0.110 e. The lowest BCUT2D eigenvalue weighted by Crippen LogP contribution is -2.36. The van der Waals surface area contributed by atoms with E-state index in [1.54, 1.807) is 18.0 Å². The second kappa shape index (κ2) is 7.36. The first kappa shape index (κ1) is 15.0. The third-order valence-electron chi connectivity index (χ3n) is 2.79. The lowest BCUT2D eigenvalue weighted by molar-refractivity contribution is 0.0360. The Morgan fingerprint density at radius 2 is 2.35 bits per heavy atom. The van der Waals surface area contributed by atoms with Crippen molar-refractivity contribution in [1.29, 1.82) is 0 Å². The highest BCUT2D eigenvalue weighted by molar-refractivity contribution is 9.10. The molecule has 3 N–H and O–H groups in total. The summed E-state index contributed by atoms with van der Waals surface area (Å²) in [5.41, 5.74) is 4.87. The summed E-state index contributed by atoms with van der Waals surface area (Å²) in [6.45, 7) is 2.30. The Balaban J connectivity index is 2.32. The van der Waals surface area contributed by atoms with Crippen molar-refractivity contribution in [2.24, 2.45) is 5.73 Å². The van der Waals surface area contributed by atoms with Crippen LogP contribution in [0, 0.1) is 0 Å². The van der Waals surface area contributed by atoms with Crippen LogP contribution >= 0.6 is 27.7 Å². The molecule has 0 spiro atoms. The Kier molecular flexibility index (Phi) is 6.48. The highest BCUT2D eigenvalue weighted by Crippen LogP contribution is 2.26. The predicted molar refractivity (Wildman–Crippen MR) is 76.2 cm³/mol. The van der Waals surface area contributed by atoms with Crippen molar-refractivity contribution < 1.29 is 5.11 Å². The molecule has 0 aliphatic heterocycles. The van der Waals surface area contributed by atoms with Crippen LogP contribution in [0.5, 0.6) is 0 Å². The molecule has 0 radical (unpaired) electrons. The number of rotatable bonds is 7. The van der Waals surface area contributed by atoms with Crippen LogP contribution in [0.1, 0.15) is 26.2 Å². The van der Waals surface area contributed by atoms with Gasteiger partial charge in [-0.2, -0.15) is 0 Å². The lowest BCUT2D eigenvalue weighted by Gasteiger charge is -2.24. The van der Waals surface area contributed by atoms with Gasteiger partial charge in [0.25, 0.3) is 0 Å². The zero-order valence-corrected chi connectivity index (χ0v) is 12.4. The van der Waals surface area contributed by atoms with Crippen molar-refractivity contribution in [3.05, 3.63) is 22.8 Å². The number of nitrogens with zero attached hydrogens (tertiary/aromatic N) is 1. The molecule has 1 heterocycles. The molecular weight excluding hydrogens is 300 g/mol. The van der Waals surface area contributed by atoms with Crippen LogP contribution in [0.3, 0.4) is 0 Å². The number of halogens is 1. The van der Waals surface area contributed by atoms with Gasteiger partial charge in [-0.05, 0) is 53.1 Å². The zero-order chi connectivity index (χ0) is 12.7. The third kappa shape index (κ3) is 4.95. The van der Waals surface area contributed by atoms with Crippen molar-refractivity contribution in [1.82, 2.24) is 4.98 Å². The van der Waals surface area contributed by atoms with E-state index >= 15 is 0 Å². The molecule has 0 aromatic carbocycles. The SMILES string of the molecule is CCC(O)(CN)CCCSc1ncccc1Br. The van der Waals surface area contributed by atoms with E-state index in [2.05, 4.69) is 20.9 Å². The van der Waals surface area contributed by atoms with Gasteiger partial charge in [0.2, 0.25) is 0 Å². The largest absolute Gasteiger partial charge is 0.389 e. The van der Waals surface area contributed by atoms with Gasteiger partial charge in [0, 0.05) is 17.2 Å². The number of aliphatic hydroxyl groups is 1. The predicted octanol–water partition coefficient (Wildman–Crippen LogP) is 2.82. The van der Waals surface area contributed by atoms with Gasteiger partial charge in [-0.1, -0.05) is 6.92 Å². The van der Waals surface area contributed by atoms with Crippen LogP contribution in [-0.2, 0) is 0 Å². The number of pyridine rings is 1. The van der Waals surface area contributed by atoms with Crippen molar-refractivity contribution in [3.63, 3.8) is 0 Å². The van der Waals surface area contributed by atoms with Crippen molar-refractivity contribution in [2.75, 3.05) is 12.3 Å². The molecule has 5 heteroatoms. The van der Waals surface area contributed by atoms with Gasteiger partial charge in [-0.15, -0.1) is 11.8 Å². The molecule has 1 atom stereocenters. The van der Waals surface area contributed by atoms with Gasteiger partial charge in [-0.3, -0.25) is 0 Å². The van der Waals surface area contributed by atoms with E-state index < -0.39 is 5.60 Å². The molecule has 1 rings (SSSR count). The normalized spacial score (nSPS) is 14.6. The minimum absolute atomic E-state index is 0.335. The standard InChI is InChI=1S/C12H19BrN2OS/c1-2-12(16,9-14)6-4-8-17-11-10(13)5-3-7-15-11/h3,5,7,16H,2,4,6,8-9,14H2,1H3. The fourth-order valence-corrected chi connectivity index (χ4v) is 2.89. The second-order valence-corrected chi connectivity index (χ2v) is 5.96. The minimum atomic E-state index is -0.693. The average Bonchev–Trinajstić information content (AvgIpc) is 2.36. The molecule has 0 bridgehead atoms. The first-order valence-corrected chi connectivity index (χ1v) is 7.55. The van der Waals surface area contributed by atoms with Crippen LogP contribution < -0.4 is 5.73 Å². The zero-order valence-electron chi connectivity index (χ0n) is 10.0. The molecule has 0 aliphatic carbocycles. The molecule has 0 saturated heterocycles. The van der Waals surface area contributed by atoms with Gasteiger partial charge in [0.1, 0.15) is 5.03 Å². The van der Waals surface area contributed by atoms with E-state index in [0.29, 0.717) is 13.0 Å². The molecule has 1 aromatic rings. The summed E-state index contributed by atoms with van der Waals surface area (Å²) in [6, 6.07) is 3.88. The van der Waals surface area contributed by atoms with Crippen molar-refractivity contribution in [2.45, 2.75) is 36.8 Å². The summed E-state index contributed by atoms with van der Waals surface area (Å²) in [5, 5.41) is 11.0. The van der Waals surface area contributed by atoms with E-state index in [1.165, 1.54) is 0 Å². The van der Waals surface area contributed by atoms with Crippen LogP contribution in [-0.4, -0.2) is 28.0 Å². The van der Waals surface area contributed by atoms with Crippen molar-refractivity contribution >= 4 is 27.7 Å². The maximum absolute atomic E-state index is 10.0. The van der Waals surface area contributed by atoms with E-state index in [9.17, 15) is 5.11 Å². The number of hydrogen-bond donors (Lipinski definition) is 2. The molecule has 1 unspecified atom stereocenters. The van der Waals surface area contributed by atoms with E-state index in [0.717, 1.165) is 28.1 Å². The van der Waals surface area contributed by atoms with Crippen LogP contribution in [0.4, 0.5) is 0 Å². The number of aromatic nitrogens is 1. The van der Waals surface area contributed by atoms with Crippen LogP contribution in [0.2, 0.25) is 0 Å². The fraction of sp³-hybridized carbons (Fsp3) is 0.583. The van der Waals surface area contributed by atoms with Gasteiger partial charge >= 0.3 is 0 Å². The van der Waals surface area contributed by atoms with Gasteiger partial charge in [0.05, 0.1) is 5.60 Å². The number of thioether (sulfide) groups is 1. The molecule has 3 nitrogen and oxygen atoms in total. The fourth-order valence-electron chi connectivity index (χ4n) is 1.47. The monoisotopic (exact) mass is 318 g/mol. The molecule has 1 aromatic heterocycles. The Hall–Kier alpha value is -0.100. The lowest BCUT2D eigenvalue weighted by atomic mass is 9.95. The Labute approximate surface area is 115 Å². The molecule has 0 aliphatic rings. The third-order valence-corrected chi connectivity index (χ3v) is 4.78. The van der Waals surface area contributed by atoms with E-state index in [1.807, 2.05) is 19.1 Å². The first-order valence-electron chi connectivity index (χ1n) is 5.77. The minimum Gasteiger partial charge on any atom is -0.389 e. The topological polar surface area (TPSA) is 59.1 Å². The summed E-state index contributed by atoms with van der Waals surface area (Å²) < 4.78 is 1.02. The number of nitrogens with two attached hydrogens (primary N) is 1. The summed E-state index contributed by atoms with van der Waals surface area (Å²) in [7, 11) is 0. The number of hydrogen-bond acceptors (Lipinski definition) is 4. The van der Waals surface area contributed by atoms with Crippen LogP contribution in [0.15, 0.2) is 27.8 Å². The average molecular weight is 319 g/mol. The summed E-state index contributed by atoms with van der Waals surface area (Å²) in [4.78, 5) is 4.28. The van der Waals surface area contributed by atoms with Crippen LogP contribution in [0.25, 0.3) is 0 Å². The second-order valence-electron chi connectivity index (χ2n) is 4.02. The highest BCUT2D eigenvalue weighted by atomic mass is 79.9. The molecular formula is C12H19BrN2OS. The first-order chi connectivity index (χ1) is 8.11. The van der Waals surface area contributed by atoms with Gasteiger partial charge in [-0.25, -0.2) is 4.98 Å². The quantitative estimate of drug-likeness (QED) is 0.599. The molecule has 0 saturated carbocycles. The summed E-state index contributed by atoms with van der Waals surface area (Å²) in [6.07, 6.45) is 4.18.